The van der Waals surface area contributed by atoms with Crippen LogP contribution in [0.3, 0.4) is 0 Å². The Balaban J connectivity index is -0.000000605. The van der Waals surface area contributed by atoms with E-state index < -0.39 is 0 Å². The molecule has 0 aromatic carbocycles. The molecule has 4 heteroatoms. The van der Waals surface area contributed by atoms with E-state index in [1.54, 1.807) is 0 Å². The van der Waals surface area contributed by atoms with E-state index in [-0.39, 0.29) is 48.0 Å². The van der Waals surface area contributed by atoms with Crippen molar-refractivity contribution in [3.63, 3.8) is 0 Å². The second-order valence-corrected chi connectivity index (χ2v) is 3.41. The quantitative estimate of drug-likeness (QED) is 0.438. The fraction of sp³-hybridized carbons (Fsp3) is 1.00. The first-order chi connectivity index (χ1) is 5.91. The molecule has 0 aliphatic carbocycles. The maximum absolute atomic E-state index is 5.40. The molecule has 0 aliphatic heterocycles. The van der Waals surface area contributed by atoms with Crippen LogP contribution in [0.2, 0.25) is 0 Å². The molecule has 4 N–H and O–H groups in total. The van der Waals surface area contributed by atoms with Gasteiger partial charge in [-0.15, -0.1) is 48.0 Å². The van der Waals surface area contributed by atoms with Crippen molar-refractivity contribution in [3.8, 4) is 0 Å². The van der Waals surface area contributed by atoms with Gasteiger partial charge in [0.15, 0.2) is 0 Å². The molecule has 0 aromatic rings. The highest BCUT2D eigenvalue weighted by Gasteiger charge is 1.90. The van der Waals surface area contributed by atoms with Gasteiger partial charge in [-0.05, 0) is 25.9 Å². The van der Waals surface area contributed by atoms with Crippen molar-refractivity contribution in [1.82, 2.24) is 0 Å². The van der Waals surface area contributed by atoms with E-state index in [0.29, 0.717) is 0 Å². The van der Waals surface area contributed by atoms with E-state index in [1.807, 2.05) is 0 Å². The molecular formula is C10H26I2N2. The van der Waals surface area contributed by atoms with E-state index in [2.05, 4.69) is 0 Å². The molecule has 0 spiro atoms. The number of hydrogen-bond donors (Lipinski definition) is 2. The summed E-state index contributed by atoms with van der Waals surface area (Å²) >= 11 is 0. The predicted octanol–water partition coefficient (Wildman–Crippen LogP) is 3.26. The van der Waals surface area contributed by atoms with Crippen LogP contribution in [0.5, 0.6) is 0 Å². The van der Waals surface area contributed by atoms with Crippen molar-refractivity contribution in [3.05, 3.63) is 0 Å². The zero-order valence-electron chi connectivity index (χ0n) is 9.04. The number of rotatable bonds is 9. The second kappa shape index (κ2) is 19.9. The predicted molar refractivity (Wildman–Crippen MR) is 85.9 cm³/mol. The highest BCUT2D eigenvalue weighted by Crippen LogP contribution is 2.07. The number of unbranched alkanes of at least 4 members (excludes halogenated alkanes) is 7. The van der Waals surface area contributed by atoms with Gasteiger partial charge in [0.2, 0.25) is 0 Å². The molecule has 90 valence electrons. The van der Waals surface area contributed by atoms with Gasteiger partial charge in [-0.25, -0.2) is 0 Å². The van der Waals surface area contributed by atoms with Crippen LogP contribution in [0.25, 0.3) is 0 Å². The van der Waals surface area contributed by atoms with E-state index in [0.717, 1.165) is 13.1 Å². The minimum absolute atomic E-state index is 0. The normalized spacial score (nSPS) is 9.00. The Labute approximate surface area is 123 Å². The van der Waals surface area contributed by atoms with Crippen LogP contribution in [0.1, 0.15) is 51.4 Å². The van der Waals surface area contributed by atoms with Crippen LogP contribution >= 0.6 is 48.0 Å². The standard InChI is InChI=1S/C10H24N2.2HI/c11-9-7-5-3-1-2-4-6-8-10-12;;/h1-12H2;2*1H. The Bertz CT molecular complexity index is 72.5. The minimum atomic E-state index is 0. The summed E-state index contributed by atoms with van der Waals surface area (Å²) in [6.07, 6.45) is 10.5. The molecule has 0 bridgehead atoms. The lowest BCUT2D eigenvalue weighted by atomic mass is 10.1. The Hall–Kier alpha value is 1.38. The third kappa shape index (κ3) is 19.0. The number of hydrogen-bond acceptors (Lipinski definition) is 2. The fourth-order valence-electron chi connectivity index (χ4n) is 1.35. The summed E-state index contributed by atoms with van der Waals surface area (Å²) in [7, 11) is 0. The van der Waals surface area contributed by atoms with Crippen LogP contribution < -0.4 is 11.5 Å². The summed E-state index contributed by atoms with van der Waals surface area (Å²) in [4.78, 5) is 0. The zero-order chi connectivity index (χ0) is 9.07. The molecule has 0 saturated heterocycles. The molecular weight excluding hydrogens is 402 g/mol. The van der Waals surface area contributed by atoms with Crippen molar-refractivity contribution < 1.29 is 0 Å². The van der Waals surface area contributed by atoms with E-state index in [9.17, 15) is 0 Å². The second-order valence-electron chi connectivity index (χ2n) is 3.41. The molecule has 0 saturated carbocycles. The van der Waals surface area contributed by atoms with Gasteiger partial charge >= 0.3 is 0 Å². The zero-order valence-corrected chi connectivity index (χ0v) is 13.7. The first kappa shape index (κ1) is 20.8. The molecule has 0 amide bonds. The molecule has 0 heterocycles. The van der Waals surface area contributed by atoms with Gasteiger partial charge in [0.1, 0.15) is 0 Å². The highest BCUT2D eigenvalue weighted by atomic mass is 127. The third-order valence-electron chi connectivity index (χ3n) is 2.16. The van der Waals surface area contributed by atoms with Crippen LogP contribution in [0, 0.1) is 0 Å². The van der Waals surface area contributed by atoms with E-state index >= 15 is 0 Å². The molecule has 14 heavy (non-hydrogen) atoms. The average Bonchev–Trinajstić information content (AvgIpc) is 2.10. The van der Waals surface area contributed by atoms with Crippen molar-refractivity contribution in [2.24, 2.45) is 11.5 Å². The Morgan fingerprint density at radius 1 is 0.429 bits per heavy atom. The SMILES string of the molecule is I.I.NCCCCCCCCCCN. The first-order valence-corrected chi connectivity index (χ1v) is 5.32. The Kier molecular flexibility index (Phi) is 29.5. The van der Waals surface area contributed by atoms with Gasteiger partial charge in [0, 0.05) is 0 Å². The van der Waals surface area contributed by atoms with Crippen LogP contribution in [0.4, 0.5) is 0 Å². The smallest absolute Gasteiger partial charge is 0.00773 e. The third-order valence-corrected chi connectivity index (χ3v) is 2.16. The largest absolute Gasteiger partial charge is 0.330 e. The summed E-state index contributed by atoms with van der Waals surface area (Å²) in [5.74, 6) is 0. The number of nitrogens with two attached hydrogens (primary N) is 2. The number of halogens is 2. The van der Waals surface area contributed by atoms with Gasteiger partial charge in [0.25, 0.3) is 0 Å². The lowest BCUT2D eigenvalue weighted by Gasteiger charge is -2.00. The lowest BCUT2D eigenvalue weighted by molar-refractivity contribution is 0.572. The van der Waals surface area contributed by atoms with Gasteiger partial charge < -0.3 is 11.5 Å². The summed E-state index contributed by atoms with van der Waals surface area (Å²) in [5.41, 5.74) is 10.8. The lowest BCUT2D eigenvalue weighted by Crippen LogP contribution is -1.98. The molecule has 0 fully saturated rings. The summed E-state index contributed by atoms with van der Waals surface area (Å²) in [6, 6.07) is 0. The van der Waals surface area contributed by atoms with E-state index in [4.69, 9.17) is 11.5 Å². The molecule has 0 aliphatic rings. The summed E-state index contributed by atoms with van der Waals surface area (Å²) < 4.78 is 0. The maximum atomic E-state index is 5.40. The molecule has 0 radical (unpaired) electrons. The van der Waals surface area contributed by atoms with Crippen LogP contribution in [-0.4, -0.2) is 13.1 Å². The van der Waals surface area contributed by atoms with Crippen molar-refractivity contribution in [2.45, 2.75) is 51.4 Å². The van der Waals surface area contributed by atoms with Crippen LogP contribution in [0.15, 0.2) is 0 Å². The minimum Gasteiger partial charge on any atom is -0.330 e. The monoisotopic (exact) mass is 428 g/mol. The van der Waals surface area contributed by atoms with Gasteiger partial charge in [-0.2, -0.15) is 0 Å². The van der Waals surface area contributed by atoms with Crippen molar-refractivity contribution in [2.75, 3.05) is 13.1 Å². The van der Waals surface area contributed by atoms with E-state index in [1.165, 1.54) is 51.4 Å². The maximum Gasteiger partial charge on any atom is -0.00773 e. The Morgan fingerprint density at radius 2 is 0.643 bits per heavy atom. The fourth-order valence-corrected chi connectivity index (χ4v) is 1.35. The molecule has 0 unspecified atom stereocenters. The topological polar surface area (TPSA) is 52.0 Å². The van der Waals surface area contributed by atoms with Crippen molar-refractivity contribution in [1.29, 1.82) is 0 Å². The van der Waals surface area contributed by atoms with Gasteiger partial charge in [-0.1, -0.05) is 38.5 Å². The van der Waals surface area contributed by atoms with Crippen LogP contribution in [-0.2, 0) is 0 Å². The molecule has 0 aromatic heterocycles. The summed E-state index contributed by atoms with van der Waals surface area (Å²) in [5, 5.41) is 0. The Morgan fingerprint density at radius 3 is 0.857 bits per heavy atom. The molecule has 0 rings (SSSR count). The van der Waals surface area contributed by atoms with Gasteiger partial charge in [-0.3, -0.25) is 0 Å². The molecule has 0 atom stereocenters. The first-order valence-electron chi connectivity index (χ1n) is 5.32. The van der Waals surface area contributed by atoms with Gasteiger partial charge in [0.05, 0.1) is 0 Å². The highest BCUT2D eigenvalue weighted by molar-refractivity contribution is 14.0. The molecule has 2 nitrogen and oxygen atoms in total. The summed E-state index contributed by atoms with van der Waals surface area (Å²) in [6.45, 7) is 1.71. The average molecular weight is 428 g/mol. The van der Waals surface area contributed by atoms with Crippen molar-refractivity contribution >= 4 is 48.0 Å².